The average molecular weight is 298 g/mol. The largest absolute Gasteiger partial charge is 0.314 e. The van der Waals surface area contributed by atoms with Crippen LogP contribution in [0.1, 0.15) is 50.9 Å². The van der Waals surface area contributed by atoms with Crippen LogP contribution in [0.3, 0.4) is 0 Å². The Balaban J connectivity index is 2.10. The first-order chi connectivity index (χ1) is 9.52. The Kier molecular flexibility index (Phi) is 5.50. The zero-order valence-corrected chi connectivity index (χ0v) is 14.0. The fourth-order valence-corrected chi connectivity index (χ4v) is 3.71. The summed E-state index contributed by atoms with van der Waals surface area (Å²) in [6, 6.07) is 0.637. The van der Waals surface area contributed by atoms with Crippen LogP contribution < -0.4 is 5.32 Å². The van der Waals surface area contributed by atoms with Crippen molar-refractivity contribution in [3.05, 3.63) is 16.4 Å². The Morgan fingerprint density at radius 1 is 1.40 bits per heavy atom. The number of nitrogens with one attached hydrogen (secondary N) is 1. The van der Waals surface area contributed by atoms with Crippen molar-refractivity contribution in [2.45, 2.75) is 58.9 Å². The molecule has 1 aromatic heterocycles. The molecule has 1 heterocycles. The van der Waals surface area contributed by atoms with E-state index >= 15 is 0 Å². The minimum absolute atomic E-state index is 0.637. The molecule has 0 spiro atoms. The maximum absolute atomic E-state index is 6.42. The molecule has 0 saturated heterocycles. The van der Waals surface area contributed by atoms with E-state index in [1.54, 1.807) is 0 Å². The van der Waals surface area contributed by atoms with Crippen molar-refractivity contribution >= 4 is 11.6 Å². The van der Waals surface area contributed by atoms with Crippen molar-refractivity contribution in [2.75, 3.05) is 6.54 Å². The van der Waals surface area contributed by atoms with Crippen molar-refractivity contribution < 1.29 is 0 Å². The number of nitrogens with zero attached hydrogens (tertiary/aromatic N) is 2. The number of hydrogen-bond acceptors (Lipinski definition) is 2. The molecule has 2 rings (SSSR count). The van der Waals surface area contributed by atoms with Gasteiger partial charge in [-0.2, -0.15) is 5.10 Å². The van der Waals surface area contributed by atoms with Crippen LogP contribution in [-0.4, -0.2) is 22.4 Å². The third kappa shape index (κ3) is 3.56. The van der Waals surface area contributed by atoms with E-state index in [0.717, 1.165) is 29.6 Å². The lowest BCUT2D eigenvalue weighted by Crippen LogP contribution is -2.41. The summed E-state index contributed by atoms with van der Waals surface area (Å²) in [4.78, 5) is 0. The van der Waals surface area contributed by atoms with Crippen molar-refractivity contribution in [1.82, 2.24) is 15.1 Å². The lowest BCUT2D eigenvalue weighted by molar-refractivity contribution is 0.210. The Morgan fingerprint density at radius 2 is 2.15 bits per heavy atom. The SMILES string of the molecule is CCCNC1CCC(C)CC1Cc1c(Cl)c(C)nn1C. The monoisotopic (exact) mass is 297 g/mol. The van der Waals surface area contributed by atoms with Crippen molar-refractivity contribution in [2.24, 2.45) is 18.9 Å². The molecule has 1 aliphatic carbocycles. The predicted octanol–water partition coefficient (Wildman–Crippen LogP) is 3.73. The summed E-state index contributed by atoms with van der Waals surface area (Å²) in [5, 5.41) is 9.04. The quantitative estimate of drug-likeness (QED) is 0.897. The Bertz CT molecular complexity index is 439. The molecule has 0 aliphatic heterocycles. The molecule has 4 heteroatoms. The molecular weight excluding hydrogens is 270 g/mol. The maximum Gasteiger partial charge on any atom is 0.0847 e. The molecule has 1 aromatic rings. The molecule has 0 amide bonds. The van der Waals surface area contributed by atoms with Gasteiger partial charge in [-0.15, -0.1) is 0 Å². The number of hydrogen-bond donors (Lipinski definition) is 1. The summed E-state index contributed by atoms with van der Waals surface area (Å²) in [6.07, 6.45) is 6.17. The fourth-order valence-electron chi connectivity index (χ4n) is 3.47. The van der Waals surface area contributed by atoms with Crippen LogP contribution in [0.5, 0.6) is 0 Å². The number of aryl methyl sites for hydroxylation is 2. The number of rotatable bonds is 5. The van der Waals surface area contributed by atoms with Gasteiger partial charge in [-0.1, -0.05) is 25.4 Å². The van der Waals surface area contributed by atoms with Gasteiger partial charge < -0.3 is 5.32 Å². The predicted molar refractivity (Wildman–Crippen MR) is 85.2 cm³/mol. The Labute approximate surface area is 128 Å². The smallest absolute Gasteiger partial charge is 0.0847 e. The lowest BCUT2D eigenvalue weighted by atomic mass is 9.76. The highest BCUT2D eigenvalue weighted by Gasteiger charge is 2.29. The molecule has 1 fully saturated rings. The molecule has 0 aromatic carbocycles. The molecule has 3 atom stereocenters. The molecule has 114 valence electrons. The zero-order valence-electron chi connectivity index (χ0n) is 13.2. The van der Waals surface area contributed by atoms with E-state index in [4.69, 9.17) is 11.6 Å². The molecule has 1 N–H and O–H groups in total. The van der Waals surface area contributed by atoms with E-state index in [9.17, 15) is 0 Å². The lowest BCUT2D eigenvalue weighted by Gasteiger charge is -2.35. The highest BCUT2D eigenvalue weighted by molar-refractivity contribution is 6.31. The second-order valence-electron chi connectivity index (χ2n) is 6.41. The van der Waals surface area contributed by atoms with Crippen LogP contribution in [0.2, 0.25) is 5.02 Å². The molecule has 1 saturated carbocycles. The summed E-state index contributed by atoms with van der Waals surface area (Å²) in [5.41, 5.74) is 2.15. The number of aromatic nitrogens is 2. The van der Waals surface area contributed by atoms with Gasteiger partial charge in [-0.3, -0.25) is 4.68 Å². The first kappa shape index (κ1) is 15.8. The molecule has 20 heavy (non-hydrogen) atoms. The molecule has 1 aliphatic rings. The van der Waals surface area contributed by atoms with E-state index in [-0.39, 0.29) is 0 Å². The highest BCUT2D eigenvalue weighted by atomic mass is 35.5. The topological polar surface area (TPSA) is 29.9 Å². The highest BCUT2D eigenvalue weighted by Crippen LogP contribution is 2.33. The zero-order chi connectivity index (χ0) is 14.7. The molecular formula is C16H28ClN3. The molecule has 0 bridgehead atoms. The van der Waals surface area contributed by atoms with Gasteiger partial charge in [0.1, 0.15) is 0 Å². The van der Waals surface area contributed by atoms with Crippen molar-refractivity contribution in [3.8, 4) is 0 Å². The summed E-state index contributed by atoms with van der Waals surface area (Å²) in [5.74, 6) is 1.50. The van der Waals surface area contributed by atoms with Gasteiger partial charge in [-0.25, -0.2) is 0 Å². The van der Waals surface area contributed by atoms with Crippen LogP contribution in [-0.2, 0) is 13.5 Å². The maximum atomic E-state index is 6.42. The summed E-state index contributed by atoms with van der Waals surface area (Å²) in [6.45, 7) is 7.71. The average Bonchev–Trinajstić information content (AvgIpc) is 2.64. The minimum Gasteiger partial charge on any atom is -0.314 e. The van der Waals surface area contributed by atoms with Gasteiger partial charge in [0.25, 0.3) is 0 Å². The van der Waals surface area contributed by atoms with Crippen LogP contribution in [0.15, 0.2) is 0 Å². The van der Waals surface area contributed by atoms with Gasteiger partial charge in [-0.05, 0) is 57.4 Å². The van der Waals surface area contributed by atoms with Crippen molar-refractivity contribution in [1.29, 1.82) is 0 Å². The van der Waals surface area contributed by atoms with E-state index in [0.29, 0.717) is 12.0 Å². The number of halogens is 1. The molecule has 3 nitrogen and oxygen atoms in total. The van der Waals surface area contributed by atoms with Gasteiger partial charge in [0.2, 0.25) is 0 Å². The third-order valence-corrected chi connectivity index (χ3v) is 5.11. The van der Waals surface area contributed by atoms with Crippen LogP contribution in [0, 0.1) is 18.8 Å². The third-order valence-electron chi connectivity index (χ3n) is 4.62. The Morgan fingerprint density at radius 3 is 2.75 bits per heavy atom. The van der Waals surface area contributed by atoms with E-state index in [1.165, 1.54) is 31.4 Å². The van der Waals surface area contributed by atoms with Gasteiger partial charge >= 0.3 is 0 Å². The first-order valence-electron chi connectivity index (χ1n) is 7.94. The van der Waals surface area contributed by atoms with Crippen LogP contribution in [0.25, 0.3) is 0 Å². The van der Waals surface area contributed by atoms with E-state index in [1.807, 2.05) is 18.7 Å². The van der Waals surface area contributed by atoms with Crippen LogP contribution >= 0.6 is 11.6 Å². The standard InChI is InChI=1S/C16H28ClN3/c1-5-8-18-14-7-6-11(2)9-13(14)10-15-16(17)12(3)19-20(15)4/h11,13-14,18H,5-10H2,1-4H3. The summed E-state index contributed by atoms with van der Waals surface area (Å²) < 4.78 is 1.97. The first-order valence-corrected chi connectivity index (χ1v) is 8.32. The van der Waals surface area contributed by atoms with Gasteiger partial charge in [0.05, 0.1) is 16.4 Å². The van der Waals surface area contributed by atoms with Gasteiger partial charge in [0.15, 0.2) is 0 Å². The minimum atomic E-state index is 0.637. The van der Waals surface area contributed by atoms with Crippen molar-refractivity contribution in [3.63, 3.8) is 0 Å². The fraction of sp³-hybridized carbons (Fsp3) is 0.812. The van der Waals surface area contributed by atoms with E-state index < -0.39 is 0 Å². The normalized spacial score (nSPS) is 26.9. The molecule has 3 unspecified atom stereocenters. The summed E-state index contributed by atoms with van der Waals surface area (Å²) >= 11 is 6.42. The summed E-state index contributed by atoms with van der Waals surface area (Å²) in [7, 11) is 2.01. The van der Waals surface area contributed by atoms with Gasteiger partial charge in [0, 0.05) is 13.1 Å². The van der Waals surface area contributed by atoms with E-state index in [2.05, 4.69) is 24.3 Å². The second-order valence-corrected chi connectivity index (χ2v) is 6.79. The van der Waals surface area contributed by atoms with Crippen LogP contribution in [0.4, 0.5) is 0 Å². The molecule has 0 radical (unpaired) electrons. The Hall–Kier alpha value is -0.540. The second kappa shape index (κ2) is 6.95.